The zero-order chi connectivity index (χ0) is 20.1. The first kappa shape index (κ1) is 19.8. The minimum atomic E-state index is -0.377. The number of carbonyl (C=O) groups is 2. The number of hydrogen-bond donors (Lipinski definition) is 1. The third kappa shape index (κ3) is 5.07. The van der Waals surface area contributed by atoms with Gasteiger partial charge in [0, 0.05) is 0 Å². The van der Waals surface area contributed by atoms with E-state index in [9.17, 15) is 9.59 Å². The van der Waals surface area contributed by atoms with Crippen LogP contribution in [0.4, 0.5) is 5.13 Å². The monoisotopic (exact) mass is 398 g/mol. The van der Waals surface area contributed by atoms with E-state index in [1.165, 1.54) is 16.9 Å². The molecule has 0 aliphatic heterocycles. The number of nitrogens with zero attached hydrogens (tertiary/aromatic N) is 1. The number of benzene rings is 2. The number of aromatic nitrogens is 1. The van der Waals surface area contributed by atoms with E-state index >= 15 is 0 Å². The van der Waals surface area contributed by atoms with Crippen LogP contribution in [-0.4, -0.2) is 29.6 Å². The fourth-order valence-electron chi connectivity index (χ4n) is 2.51. The van der Waals surface area contributed by atoms with Crippen LogP contribution in [0.25, 0.3) is 10.2 Å². The Morgan fingerprint density at radius 2 is 1.89 bits per heavy atom. The van der Waals surface area contributed by atoms with Gasteiger partial charge >= 0.3 is 5.97 Å². The lowest BCUT2D eigenvalue weighted by Gasteiger charge is -2.07. The van der Waals surface area contributed by atoms with Crippen molar-refractivity contribution in [3.05, 3.63) is 53.6 Å². The summed E-state index contributed by atoms with van der Waals surface area (Å²) in [7, 11) is 0. The normalized spacial score (nSPS) is 10.9. The summed E-state index contributed by atoms with van der Waals surface area (Å²) >= 11 is 1.30. The van der Waals surface area contributed by atoms with Crippen LogP contribution >= 0.6 is 11.3 Å². The molecule has 1 amide bonds. The summed E-state index contributed by atoms with van der Waals surface area (Å²) in [6.07, 6.45) is 0.771. The van der Waals surface area contributed by atoms with Crippen molar-refractivity contribution in [2.45, 2.75) is 33.3 Å². The van der Waals surface area contributed by atoms with Crippen molar-refractivity contribution in [1.29, 1.82) is 0 Å². The van der Waals surface area contributed by atoms with Crippen LogP contribution in [0, 0.1) is 0 Å². The maximum absolute atomic E-state index is 12.1. The van der Waals surface area contributed by atoms with E-state index in [2.05, 4.69) is 17.2 Å². The van der Waals surface area contributed by atoms with Gasteiger partial charge in [-0.25, -0.2) is 9.78 Å². The number of nitrogens with one attached hydrogen (secondary N) is 1. The zero-order valence-corrected chi connectivity index (χ0v) is 16.8. The highest BCUT2D eigenvalue weighted by Crippen LogP contribution is 2.27. The van der Waals surface area contributed by atoms with Gasteiger partial charge in [-0.2, -0.15) is 0 Å². The molecule has 0 aliphatic rings. The average Bonchev–Trinajstić information content (AvgIpc) is 3.07. The van der Waals surface area contributed by atoms with Crippen LogP contribution in [0.2, 0.25) is 0 Å². The van der Waals surface area contributed by atoms with Crippen LogP contribution in [0.5, 0.6) is 5.75 Å². The van der Waals surface area contributed by atoms with Crippen molar-refractivity contribution < 1.29 is 19.1 Å². The number of ether oxygens (including phenoxy) is 2. The molecule has 0 saturated carbocycles. The quantitative estimate of drug-likeness (QED) is 0.595. The molecule has 0 unspecified atom stereocenters. The first-order chi connectivity index (χ1) is 13.4. The molecule has 28 heavy (non-hydrogen) atoms. The summed E-state index contributed by atoms with van der Waals surface area (Å²) in [5.41, 5.74) is 2.38. The van der Waals surface area contributed by atoms with Gasteiger partial charge in [0.15, 0.2) is 11.7 Å². The zero-order valence-electron chi connectivity index (χ0n) is 16.0. The van der Waals surface area contributed by atoms with Gasteiger partial charge in [0.1, 0.15) is 5.75 Å². The van der Waals surface area contributed by atoms with E-state index in [4.69, 9.17) is 9.47 Å². The Hall–Kier alpha value is -2.93. The summed E-state index contributed by atoms with van der Waals surface area (Å²) in [5.74, 6) is -0.0265. The number of thiazole rings is 1. The fourth-order valence-corrected chi connectivity index (χ4v) is 3.43. The van der Waals surface area contributed by atoms with Gasteiger partial charge in [0.05, 0.1) is 21.9 Å². The van der Waals surface area contributed by atoms with Crippen LogP contribution < -0.4 is 10.1 Å². The second-order valence-electron chi connectivity index (χ2n) is 6.49. The van der Waals surface area contributed by atoms with Crippen molar-refractivity contribution in [1.82, 2.24) is 4.98 Å². The average molecular weight is 398 g/mol. The maximum atomic E-state index is 12.1. The molecule has 0 atom stereocenters. The van der Waals surface area contributed by atoms with Gasteiger partial charge in [0.2, 0.25) is 0 Å². The first-order valence-corrected chi connectivity index (χ1v) is 9.89. The molecule has 0 radical (unpaired) electrons. The Kier molecular flexibility index (Phi) is 6.26. The molecule has 1 aromatic heterocycles. The van der Waals surface area contributed by atoms with Crippen molar-refractivity contribution in [2.24, 2.45) is 0 Å². The topological polar surface area (TPSA) is 77.5 Å². The van der Waals surface area contributed by atoms with Crippen molar-refractivity contribution in [3.8, 4) is 5.75 Å². The lowest BCUT2D eigenvalue weighted by molar-refractivity contribution is -0.118. The van der Waals surface area contributed by atoms with Gasteiger partial charge in [-0.05, 0) is 56.2 Å². The highest BCUT2D eigenvalue weighted by Gasteiger charge is 2.13. The molecule has 0 spiro atoms. The Bertz CT molecular complexity index is 980. The Labute approximate surface area is 167 Å². The van der Waals surface area contributed by atoms with Gasteiger partial charge in [-0.15, -0.1) is 0 Å². The number of carbonyl (C=O) groups excluding carboxylic acids is 2. The lowest BCUT2D eigenvalue weighted by atomic mass is 10.2. The SMILES string of the molecule is CCc1ccc(OCC(=O)Nc2nc3ccc(C(=O)OC(C)C)cc3s2)cc1. The molecular weight excluding hydrogens is 376 g/mol. The van der Waals surface area contributed by atoms with Crippen LogP contribution in [0.1, 0.15) is 36.7 Å². The van der Waals surface area contributed by atoms with Gasteiger partial charge in [-0.3, -0.25) is 10.1 Å². The number of fused-ring (bicyclic) bond motifs is 1. The number of hydrogen-bond acceptors (Lipinski definition) is 6. The van der Waals surface area contributed by atoms with Gasteiger partial charge in [-0.1, -0.05) is 30.4 Å². The van der Waals surface area contributed by atoms with Crippen molar-refractivity contribution in [3.63, 3.8) is 0 Å². The van der Waals surface area contributed by atoms with E-state index in [0.29, 0.717) is 22.0 Å². The van der Waals surface area contributed by atoms with Crippen molar-refractivity contribution >= 4 is 38.6 Å². The standard InChI is InChI=1S/C21H22N2O4S/c1-4-14-5-8-16(9-6-14)26-12-19(24)23-21-22-17-10-7-15(11-18(17)28-21)20(25)27-13(2)3/h5-11,13H,4,12H2,1-3H3,(H,22,23,24). The van der Waals surface area contributed by atoms with Crippen LogP contribution in [-0.2, 0) is 16.0 Å². The second-order valence-corrected chi connectivity index (χ2v) is 7.52. The largest absolute Gasteiger partial charge is 0.484 e. The van der Waals surface area contributed by atoms with E-state index in [1.807, 2.05) is 24.3 Å². The Morgan fingerprint density at radius 1 is 1.14 bits per heavy atom. The lowest BCUT2D eigenvalue weighted by Crippen LogP contribution is -2.19. The molecule has 7 heteroatoms. The maximum Gasteiger partial charge on any atom is 0.338 e. The second kappa shape index (κ2) is 8.84. The van der Waals surface area contributed by atoms with Gasteiger partial charge in [0.25, 0.3) is 5.91 Å². The van der Waals surface area contributed by atoms with E-state index < -0.39 is 0 Å². The van der Waals surface area contributed by atoms with Crippen molar-refractivity contribution in [2.75, 3.05) is 11.9 Å². The summed E-state index contributed by atoms with van der Waals surface area (Å²) in [6, 6.07) is 12.8. The van der Waals surface area contributed by atoms with Gasteiger partial charge < -0.3 is 9.47 Å². The summed E-state index contributed by atoms with van der Waals surface area (Å²) in [4.78, 5) is 28.5. The number of esters is 1. The molecule has 6 nitrogen and oxygen atoms in total. The van der Waals surface area contributed by atoms with E-state index in [1.54, 1.807) is 32.0 Å². The minimum absolute atomic E-state index is 0.104. The summed E-state index contributed by atoms with van der Waals surface area (Å²) in [6.45, 7) is 5.58. The molecule has 3 aromatic rings. The molecule has 0 bridgehead atoms. The third-order valence-corrected chi connectivity index (χ3v) is 4.85. The smallest absolute Gasteiger partial charge is 0.338 e. The molecule has 0 fully saturated rings. The fraction of sp³-hybridized carbons (Fsp3) is 0.286. The van der Waals surface area contributed by atoms with E-state index in [-0.39, 0.29) is 24.6 Å². The predicted molar refractivity (Wildman–Crippen MR) is 110 cm³/mol. The summed E-state index contributed by atoms with van der Waals surface area (Å²) < 4.78 is 11.5. The van der Waals surface area contributed by atoms with Crippen LogP contribution in [0.15, 0.2) is 42.5 Å². The highest BCUT2D eigenvalue weighted by molar-refractivity contribution is 7.22. The molecule has 0 aliphatic carbocycles. The molecule has 0 saturated heterocycles. The number of rotatable bonds is 7. The van der Waals surface area contributed by atoms with Crippen LogP contribution in [0.3, 0.4) is 0 Å². The highest BCUT2D eigenvalue weighted by atomic mass is 32.1. The molecule has 3 rings (SSSR count). The minimum Gasteiger partial charge on any atom is -0.484 e. The molecule has 1 N–H and O–H groups in total. The number of aryl methyl sites for hydroxylation is 1. The Morgan fingerprint density at radius 3 is 2.57 bits per heavy atom. The molecule has 1 heterocycles. The number of amides is 1. The molecule has 146 valence electrons. The van der Waals surface area contributed by atoms with E-state index in [0.717, 1.165) is 11.1 Å². The predicted octanol–water partition coefficient (Wildman–Crippen LogP) is 4.44. The number of anilines is 1. The molecular formula is C21H22N2O4S. The summed E-state index contributed by atoms with van der Waals surface area (Å²) in [5, 5.41) is 3.19. The third-order valence-electron chi connectivity index (χ3n) is 3.91. The molecule has 2 aromatic carbocycles. The Balaban J connectivity index is 1.61. The first-order valence-electron chi connectivity index (χ1n) is 9.07.